The Kier molecular flexibility index (Phi) is 6.73. The van der Waals surface area contributed by atoms with Crippen molar-refractivity contribution in [2.75, 3.05) is 11.9 Å². The summed E-state index contributed by atoms with van der Waals surface area (Å²) >= 11 is 0. The number of carbonyl (C=O) groups is 1. The van der Waals surface area contributed by atoms with Gasteiger partial charge in [-0.25, -0.2) is 13.4 Å². The van der Waals surface area contributed by atoms with Crippen LogP contribution in [0.25, 0.3) is 44.2 Å². The molecule has 0 atom stereocenters. The molecule has 6 aromatic rings. The highest BCUT2D eigenvalue weighted by molar-refractivity contribution is 7.90. The van der Waals surface area contributed by atoms with Gasteiger partial charge in [0.1, 0.15) is 5.65 Å². The van der Waals surface area contributed by atoms with E-state index in [1.807, 2.05) is 66.9 Å². The van der Waals surface area contributed by atoms with Gasteiger partial charge in [-0.1, -0.05) is 73.3 Å². The van der Waals surface area contributed by atoms with Crippen LogP contribution in [0.15, 0.2) is 127 Å². The standard InChI is InChI=1S/C34H27N3O3S/c1-3-31(38)37(2)26-17-15-24(16-18-26)29-21-35-34-33(32(29)25-10-6-4-7-11-25)28-20-23(14-19-30(28)36-34)22-41(39,40)27-12-8-5-9-13-27/h3-21H,1,22H2,2H3,(H,35,36). The maximum atomic E-state index is 13.2. The van der Waals surface area contributed by atoms with Gasteiger partial charge in [-0.15, -0.1) is 0 Å². The first-order valence-electron chi connectivity index (χ1n) is 13.1. The molecule has 41 heavy (non-hydrogen) atoms. The fourth-order valence-electron chi connectivity index (χ4n) is 5.18. The monoisotopic (exact) mass is 557 g/mol. The van der Waals surface area contributed by atoms with E-state index in [1.165, 1.54) is 6.08 Å². The van der Waals surface area contributed by atoms with E-state index in [0.717, 1.165) is 49.9 Å². The topological polar surface area (TPSA) is 83.1 Å². The minimum absolute atomic E-state index is 0.105. The Morgan fingerprint density at radius 2 is 1.59 bits per heavy atom. The molecule has 0 aliphatic carbocycles. The van der Waals surface area contributed by atoms with Crippen LogP contribution in [0.4, 0.5) is 5.69 Å². The van der Waals surface area contributed by atoms with Crippen LogP contribution < -0.4 is 4.90 Å². The van der Waals surface area contributed by atoms with Crippen molar-refractivity contribution in [3.05, 3.63) is 128 Å². The number of likely N-dealkylation sites (N-methyl/N-ethyl adjacent to an activating group) is 1. The van der Waals surface area contributed by atoms with Crippen molar-refractivity contribution in [3.8, 4) is 22.3 Å². The van der Waals surface area contributed by atoms with Crippen molar-refractivity contribution in [1.29, 1.82) is 0 Å². The van der Waals surface area contributed by atoms with Crippen LogP contribution in [0.2, 0.25) is 0 Å². The summed E-state index contributed by atoms with van der Waals surface area (Å²) in [6, 6.07) is 32.1. The molecular formula is C34H27N3O3S. The number of amides is 1. The summed E-state index contributed by atoms with van der Waals surface area (Å²) in [4.78, 5) is 22.1. The zero-order valence-corrected chi connectivity index (χ0v) is 23.2. The number of aromatic nitrogens is 2. The van der Waals surface area contributed by atoms with E-state index in [4.69, 9.17) is 4.98 Å². The zero-order chi connectivity index (χ0) is 28.6. The fourth-order valence-corrected chi connectivity index (χ4v) is 6.53. The van der Waals surface area contributed by atoms with Gasteiger partial charge in [0.15, 0.2) is 9.84 Å². The lowest BCUT2D eigenvalue weighted by Crippen LogP contribution is -2.23. The highest BCUT2D eigenvalue weighted by Gasteiger charge is 2.20. The maximum absolute atomic E-state index is 13.2. The number of rotatable bonds is 7. The van der Waals surface area contributed by atoms with E-state index in [9.17, 15) is 13.2 Å². The van der Waals surface area contributed by atoms with Crippen molar-refractivity contribution < 1.29 is 13.2 Å². The summed E-state index contributed by atoms with van der Waals surface area (Å²) in [6.45, 7) is 3.57. The number of anilines is 1. The first-order chi connectivity index (χ1) is 19.9. The molecule has 7 heteroatoms. The number of hydrogen-bond acceptors (Lipinski definition) is 4. The molecule has 0 fully saturated rings. The van der Waals surface area contributed by atoms with E-state index in [-0.39, 0.29) is 11.7 Å². The van der Waals surface area contributed by atoms with Crippen LogP contribution >= 0.6 is 0 Å². The van der Waals surface area contributed by atoms with E-state index in [1.54, 1.807) is 42.3 Å². The maximum Gasteiger partial charge on any atom is 0.250 e. The van der Waals surface area contributed by atoms with Gasteiger partial charge in [-0.05, 0) is 59.2 Å². The van der Waals surface area contributed by atoms with Crippen LogP contribution in [0.3, 0.4) is 0 Å². The summed E-state index contributed by atoms with van der Waals surface area (Å²) in [5.74, 6) is -0.291. The van der Waals surface area contributed by atoms with E-state index in [0.29, 0.717) is 10.5 Å². The third-order valence-electron chi connectivity index (χ3n) is 7.28. The molecule has 1 N–H and O–H groups in total. The molecule has 0 radical (unpaired) electrons. The molecule has 1 amide bonds. The Labute approximate surface area is 238 Å². The molecule has 6 rings (SSSR count). The Bertz CT molecular complexity index is 2020. The Morgan fingerprint density at radius 1 is 0.902 bits per heavy atom. The Balaban J connectivity index is 1.52. The number of benzene rings is 4. The van der Waals surface area contributed by atoms with Gasteiger partial charge < -0.3 is 9.88 Å². The molecule has 0 aliphatic rings. The number of H-pyrrole nitrogens is 1. The number of pyridine rings is 1. The van der Waals surface area contributed by atoms with E-state index < -0.39 is 9.84 Å². The molecule has 0 spiro atoms. The van der Waals surface area contributed by atoms with Crippen LogP contribution in [0, 0.1) is 0 Å². The number of nitrogens with one attached hydrogen (secondary N) is 1. The van der Waals surface area contributed by atoms with Crippen molar-refractivity contribution in [2.24, 2.45) is 0 Å². The van der Waals surface area contributed by atoms with Crippen molar-refractivity contribution in [3.63, 3.8) is 0 Å². The number of fused-ring (bicyclic) bond motifs is 3. The van der Waals surface area contributed by atoms with Gasteiger partial charge in [-0.2, -0.15) is 0 Å². The van der Waals surface area contributed by atoms with Crippen molar-refractivity contribution in [2.45, 2.75) is 10.6 Å². The summed E-state index contributed by atoms with van der Waals surface area (Å²) in [5.41, 5.74) is 6.93. The van der Waals surface area contributed by atoms with Crippen molar-refractivity contribution in [1.82, 2.24) is 9.97 Å². The summed E-state index contributed by atoms with van der Waals surface area (Å²) in [5, 5.41) is 1.83. The predicted octanol–water partition coefficient (Wildman–Crippen LogP) is 7.17. The number of carbonyl (C=O) groups excluding carboxylic acids is 1. The lowest BCUT2D eigenvalue weighted by atomic mass is 9.92. The summed E-state index contributed by atoms with van der Waals surface area (Å²) < 4.78 is 26.3. The average molecular weight is 558 g/mol. The smallest absolute Gasteiger partial charge is 0.250 e. The molecule has 0 saturated carbocycles. The second kappa shape index (κ2) is 10.5. The van der Waals surface area contributed by atoms with Gasteiger partial charge in [0, 0.05) is 46.3 Å². The molecule has 2 heterocycles. The lowest BCUT2D eigenvalue weighted by Gasteiger charge is -2.17. The van der Waals surface area contributed by atoms with Gasteiger partial charge in [0.05, 0.1) is 10.6 Å². The SMILES string of the molecule is C=CC(=O)N(C)c1ccc(-c2cnc3[nH]c4ccc(CS(=O)(=O)c5ccccc5)cc4c3c2-c2ccccc2)cc1. The number of aromatic amines is 1. The quantitative estimate of drug-likeness (QED) is 0.211. The highest BCUT2D eigenvalue weighted by Crippen LogP contribution is 2.41. The molecule has 0 saturated heterocycles. The largest absolute Gasteiger partial charge is 0.339 e. The lowest BCUT2D eigenvalue weighted by molar-refractivity contribution is -0.113. The second-order valence-corrected chi connectivity index (χ2v) is 11.9. The van der Waals surface area contributed by atoms with Gasteiger partial charge >= 0.3 is 0 Å². The summed E-state index contributed by atoms with van der Waals surface area (Å²) in [6.07, 6.45) is 3.14. The molecule has 0 unspecified atom stereocenters. The number of hydrogen-bond donors (Lipinski definition) is 1. The molecule has 0 bridgehead atoms. The fraction of sp³-hybridized carbons (Fsp3) is 0.0588. The normalized spacial score (nSPS) is 11.5. The van der Waals surface area contributed by atoms with Crippen LogP contribution in [-0.2, 0) is 20.4 Å². The van der Waals surface area contributed by atoms with Crippen LogP contribution in [-0.4, -0.2) is 31.3 Å². The first-order valence-corrected chi connectivity index (χ1v) is 14.8. The number of nitrogens with zero attached hydrogens (tertiary/aromatic N) is 2. The van der Waals surface area contributed by atoms with E-state index >= 15 is 0 Å². The van der Waals surface area contributed by atoms with Gasteiger partial charge in [0.25, 0.3) is 0 Å². The minimum atomic E-state index is -3.51. The highest BCUT2D eigenvalue weighted by atomic mass is 32.2. The Hall–Kier alpha value is -5.01. The van der Waals surface area contributed by atoms with Gasteiger partial charge in [0.2, 0.25) is 5.91 Å². The Morgan fingerprint density at radius 3 is 2.27 bits per heavy atom. The zero-order valence-electron chi connectivity index (χ0n) is 22.4. The average Bonchev–Trinajstić information content (AvgIpc) is 3.38. The predicted molar refractivity (Wildman–Crippen MR) is 165 cm³/mol. The van der Waals surface area contributed by atoms with E-state index in [2.05, 4.69) is 23.7 Å². The molecule has 202 valence electrons. The van der Waals surface area contributed by atoms with Crippen LogP contribution in [0.1, 0.15) is 5.56 Å². The third kappa shape index (κ3) is 4.92. The molecular weight excluding hydrogens is 530 g/mol. The van der Waals surface area contributed by atoms with Crippen LogP contribution in [0.5, 0.6) is 0 Å². The molecule has 4 aromatic carbocycles. The molecule has 6 nitrogen and oxygen atoms in total. The van der Waals surface area contributed by atoms with Gasteiger partial charge in [-0.3, -0.25) is 4.79 Å². The third-order valence-corrected chi connectivity index (χ3v) is 8.98. The molecule has 2 aromatic heterocycles. The van der Waals surface area contributed by atoms with Crippen molar-refractivity contribution >= 4 is 43.4 Å². The summed E-state index contributed by atoms with van der Waals surface area (Å²) in [7, 11) is -1.80. The second-order valence-electron chi connectivity index (χ2n) is 9.86. The molecule has 0 aliphatic heterocycles. The minimum Gasteiger partial charge on any atom is -0.339 e. The first kappa shape index (κ1) is 26.2. The number of sulfone groups is 1.